The maximum atomic E-state index is 11.6. The van der Waals surface area contributed by atoms with Crippen molar-refractivity contribution in [1.29, 1.82) is 0 Å². The molecule has 1 unspecified atom stereocenters. The number of aliphatic hydroxyl groups excluding tert-OH is 2. The average molecular weight is 407 g/mol. The fourth-order valence-electron chi connectivity index (χ4n) is 8.82. The molecule has 0 radical (unpaired) electrons. The van der Waals surface area contributed by atoms with Gasteiger partial charge in [0, 0.05) is 6.42 Å². The molecule has 0 amide bonds. The molecule has 4 aliphatic carbocycles. The number of aliphatic hydroxyl groups is 2. The molecule has 4 heteroatoms. The minimum absolute atomic E-state index is 0.0959. The number of rotatable bonds is 4. The minimum Gasteiger partial charge on any atom is -0.469 e. The fourth-order valence-corrected chi connectivity index (χ4v) is 8.82. The van der Waals surface area contributed by atoms with E-state index in [0.717, 1.165) is 32.1 Å². The number of methoxy groups -OCH3 is 1. The molecule has 0 saturated heterocycles. The summed E-state index contributed by atoms with van der Waals surface area (Å²) in [4.78, 5) is 11.6. The van der Waals surface area contributed by atoms with Crippen LogP contribution in [0.1, 0.15) is 85.0 Å². The highest BCUT2D eigenvalue weighted by Gasteiger charge is 2.62. The molecule has 29 heavy (non-hydrogen) atoms. The lowest BCUT2D eigenvalue weighted by molar-refractivity contribution is -0.174. The van der Waals surface area contributed by atoms with Crippen LogP contribution in [0.5, 0.6) is 0 Å². The van der Waals surface area contributed by atoms with E-state index in [0.29, 0.717) is 47.3 Å². The zero-order valence-electron chi connectivity index (χ0n) is 18.9. The molecule has 4 fully saturated rings. The molecule has 4 aliphatic rings. The monoisotopic (exact) mass is 406 g/mol. The van der Waals surface area contributed by atoms with Gasteiger partial charge >= 0.3 is 5.97 Å². The average Bonchev–Trinajstić information content (AvgIpc) is 3.04. The predicted octanol–water partition coefficient (Wildman–Crippen LogP) is 4.57. The van der Waals surface area contributed by atoms with Crippen LogP contribution in [0, 0.1) is 46.3 Å². The second-order valence-corrected chi connectivity index (χ2v) is 11.5. The maximum absolute atomic E-state index is 11.6. The Morgan fingerprint density at radius 1 is 1.03 bits per heavy atom. The smallest absolute Gasteiger partial charge is 0.305 e. The van der Waals surface area contributed by atoms with Gasteiger partial charge in [-0.3, -0.25) is 4.79 Å². The van der Waals surface area contributed by atoms with Crippen LogP contribution in [0.15, 0.2) is 0 Å². The third-order valence-corrected chi connectivity index (χ3v) is 10.4. The molecule has 4 saturated carbocycles. The summed E-state index contributed by atoms with van der Waals surface area (Å²) in [5.41, 5.74) is 0.577. The number of carbonyl (C=O) groups is 1. The zero-order chi connectivity index (χ0) is 21.0. The minimum atomic E-state index is -0.211. The maximum Gasteiger partial charge on any atom is 0.305 e. The van der Waals surface area contributed by atoms with Crippen molar-refractivity contribution in [2.75, 3.05) is 7.11 Å². The van der Waals surface area contributed by atoms with E-state index in [2.05, 4.69) is 20.8 Å². The number of ether oxygens (including phenoxy) is 1. The standard InChI is InChI=1S/C25H42O4/c1-15(5-8-22(28)29-4)18-6-7-19-23-20(10-12-25(18,19)3)24(2)11-9-17(26)13-16(24)14-21(23)27/h15-21,23,26-27H,5-14H2,1-4H3/t15-,16+,17?,18-,19+,20+,21-,23+,24+,25-/m1/s1. The highest BCUT2D eigenvalue weighted by Crippen LogP contribution is 2.68. The van der Waals surface area contributed by atoms with Crippen molar-refractivity contribution in [2.45, 2.75) is 97.2 Å². The Balaban J connectivity index is 1.53. The number of esters is 1. The third-order valence-electron chi connectivity index (χ3n) is 10.4. The lowest BCUT2D eigenvalue weighted by Gasteiger charge is -2.62. The normalized spacial score (nSPS) is 50.2. The van der Waals surface area contributed by atoms with Gasteiger partial charge in [0.2, 0.25) is 0 Å². The second kappa shape index (κ2) is 7.82. The molecule has 0 aromatic carbocycles. The van der Waals surface area contributed by atoms with Gasteiger partial charge in [0.05, 0.1) is 19.3 Å². The van der Waals surface area contributed by atoms with Gasteiger partial charge in [-0.05, 0) is 104 Å². The van der Waals surface area contributed by atoms with Crippen LogP contribution in [0.3, 0.4) is 0 Å². The van der Waals surface area contributed by atoms with Gasteiger partial charge in [-0.25, -0.2) is 0 Å². The van der Waals surface area contributed by atoms with Crippen LogP contribution >= 0.6 is 0 Å². The summed E-state index contributed by atoms with van der Waals surface area (Å²) in [5.74, 6) is 3.17. The highest BCUT2D eigenvalue weighted by atomic mass is 16.5. The van der Waals surface area contributed by atoms with Crippen LogP contribution < -0.4 is 0 Å². The Kier molecular flexibility index (Phi) is 5.83. The predicted molar refractivity (Wildman–Crippen MR) is 113 cm³/mol. The lowest BCUT2D eigenvalue weighted by atomic mass is 9.43. The number of carbonyl (C=O) groups excluding carboxylic acids is 1. The van der Waals surface area contributed by atoms with Gasteiger partial charge in [-0.1, -0.05) is 20.8 Å². The number of hydrogen-bond donors (Lipinski definition) is 2. The topological polar surface area (TPSA) is 66.8 Å². The van der Waals surface area contributed by atoms with E-state index < -0.39 is 0 Å². The second-order valence-electron chi connectivity index (χ2n) is 11.5. The van der Waals surface area contributed by atoms with Crippen molar-refractivity contribution in [3.63, 3.8) is 0 Å². The molecule has 4 rings (SSSR count). The Labute approximate surface area is 176 Å². The van der Waals surface area contributed by atoms with Gasteiger partial charge in [0.1, 0.15) is 0 Å². The van der Waals surface area contributed by atoms with Crippen molar-refractivity contribution < 1.29 is 19.7 Å². The summed E-state index contributed by atoms with van der Waals surface area (Å²) in [6.07, 6.45) is 9.80. The molecule has 0 aromatic heterocycles. The van der Waals surface area contributed by atoms with Gasteiger partial charge < -0.3 is 14.9 Å². The van der Waals surface area contributed by atoms with Gasteiger partial charge in [-0.2, -0.15) is 0 Å². The molecule has 0 bridgehead atoms. The van der Waals surface area contributed by atoms with Gasteiger partial charge in [-0.15, -0.1) is 0 Å². The molecule has 10 atom stereocenters. The third kappa shape index (κ3) is 3.46. The molecular formula is C25H42O4. The van der Waals surface area contributed by atoms with E-state index in [1.807, 2.05) is 0 Å². The molecular weight excluding hydrogens is 364 g/mol. The van der Waals surface area contributed by atoms with Crippen LogP contribution in [-0.2, 0) is 9.53 Å². The Bertz CT molecular complexity index is 620. The zero-order valence-corrected chi connectivity index (χ0v) is 18.9. The quantitative estimate of drug-likeness (QED) is 0.671. The van der Waals surface area contributed by atoms with E-state index in [-0.39, 0.29) is 23.6 Å². The summed E-state index contributed by atoms with van der Waals surface area (Å²) in [6, 6.07) is 0. The van der Waals surface area contributed by atoms with E-state index >= 15 is 0 Å². The van der Waals surface area contributed by atoms with Gasteiger partial charge in [0.15, 0.2) is 0 Å². The van der Waals surface area contributed by atoms with Crippen LogP contribution in [0.25, 0.3) is 0 Å². The fraction of sp³-hybridized carbons (Fsp3) is 0.960. The molecule has 2 N–H and O–H groups in total. The first-order valence-electron chi connectivity index (χ1n) is 12.1. The summed E-state index contributed by atoms with van der Waals surface area (Å²) in [7, 11) is 1.48. The van der Waals surface area contributed by atoms with Gasteiger partial charge in [0.25, 0.3) is 0 Å². The van der Waals surface area contributed by atoms with E-state index in [4.69, 9.17) is 4.74 Å². The first-order chi connectivity index (χ1) is 13.7. The molecule has 4 nitrogen and oxygen atoms in total. The molecule has 0 spiro atoms. The Morgan fingerprint density at radius 2 is 1.72 bits per heavy atom. The molecule has 166 valence electrons. The van der Waals surface area contributed by atoms with Crippen LogP contribution in [0.2, 0.25) is 0 Å². The Morgan fingerprint density at radius 3 is 2.45 bits per heavy atom. The molecule has 0 aliphatic heterocycles. The van der Waals surface area contributed by atoms with E-state index in [1.165, 1.54) is 32.8 Å². The lowest BCUT2D eigenvalue weighted by Crippen LogP contribution is -2.58. The first-order valence-corrected chi connectivity index (χ1v) is 12.1. The number of hydrogen-bond acceptors (Lipinski definition) is 4. The summed E-state index contributed by atoms with van der Waals surface area (Å²) in [5, 5.41) is 21.5. The molecule has 0 aromatic rings. The summed E-state index contributed by atoms with van der Waals surface area (Å²) < 4.78 is 4.86. The first kappa shape index (κ1) is 21.6. The van der Waals surface area contributed by atoms with Crippen molar-refractivity contribution in [3.8, 4) is 0 Å². The van der Waals surface area contributed by atoms with Crippen LogP contribution in [-0.4, -0.2) is 35.5 Å². The summed E-state index contributed by atoms with van der Waals surface area (Å²) >= 11 is 0. The van der Waals surface area contributed by atoms with Crippen molar-refractivity contribution in [3.05, 3.63) is 0 Å². The van der Waals surface area contributed by atoms with Crippen LogP contribution in [0.4, 0.5) is 0 Å². The van der Waals surface area contributed by atoms with E-state index in [9.17, 15) is 15.0 Å². The number of fused-ring (bicyclic) bond motifs is 5. The van der Waals surface area contributed by atoms with Crippen molar-refractivity contribution >= 4 is 5.97 Å². The summed E-state index contributed by atoms with van der Waals surface area (Å²) in [6.45, 7) is 7.29. The van der Waals surface area contributed by atoms with Crippen molar-refractivity contribution in [1.82, 2.24) is 0 Å². The Hall–Kier alpha value is -0.610. The highest BCUT2D eigenvalue weighted by molar-refractivity contribution is 5.69. The SMILES string of the molecule is COC(=O)CC[C@@H](C)[C@H]1CC[C@H]2[C@@H]3[C@H](O)C[C@@H]4CC(O)CC[C@]4(C)[C@H]3CC[C@]12C. The molecule has 0 heterocycles. The van der Waals surface area contributed by atoms with E-state index in [1.54, 1.807) is 0 Å². The largest absolute Gasteiger partial charge is 0.469 e. The van der Waals surface area contributed by atoms with Crippen molar-refractivity contribution in [2.24, 2.45) is 46.3 Å².